The van der Waals surface area contributed by atoms with E-state index < -0.39 is 17.3 Å². The van der Waals surface area contributed by atoms with Crippen LogP contribution in [0.5, 0.6) is 5.75 Å². The zero-order valence-electron chi connectivity index (χ0n) is 12.2. The van der Waals surface area contributed by atoms with Crippen molar-refractivity contribution in [1.29, 1.82) is 0 Å². The van der Waals surface area contributed by atoms with E-state index in [1.165, 1.54) is 25.0 Å². The maximum atomic E-state index is 10.9. The van der Waals surface area contributed by atoms with Crippen molar-refractivity contribution < 1.29 is 14.8 Å². The Hall–Kier alpha value is -1.66. The third-order valence-electron chi connectivity index (χ3n) is 4.22. The van der Waals surface area contributed by atoms with Crippen LogP contribution in [-0.4, -0.2) is 22.4 Å². The third kappa shape index (κ3) is 3.92. The van der Waals surface area contributed by atoms with Gasteiger partial charge >= 0.3 is 5.69 Å². The molecule has 3 N–H and O–H groups in total. The molecule has 6 heteroatoms. The number of ether oxygens (including phenoxy) is 1. The van der Waals surface area contributed by atoms with Crippen LogP contribution in [0.1, 0.15) is 39.0 Å². The lowest BCUT2D eigenvalue weighted by Gasteiger charge is -2.29. The minimum absolute atomic E-state index is 0.0863. The number of nitrogens with zero attached hydrogens (tertiary/aromatic N) is 1. The van der Waals surface area contributed by atoms with E-state index in [1.807, 2.05) is 0 Å². The average molecular weight is 294 g/mol. The summed E-state index contributed by atoms with van der Waals surface area (Å²) in [7, 11) is 0. The molecular weight excluding hydrogens is 272 g/mol. The molecule has 2 unspecified atom stereocenters. The van der Waals surface area contributed by atoms with Crippen molar-refractivity contribution in [2.75, 3.05) is 0 Å². The van der Waals surface area contributed by atoms with Crippen LogP contribution in [0, 0.1) is 15.5 Å². The standard InChI is InChI=1S/C15H22N2O4/c1-15(8-4-5-9-15)10-12(18)14(16)21-13-7-3-2-6-11(13)17(19)20/h2-3,6-7,12,14,18H,4-5,8-10,16H2,1H3. The Bertz CT molecular complexity index is 500. The highest BCUT2D eigenvalue weighted by Crippen LogP contribution is 2.41. The summed E-state index contributed by atoms with van der Waals surface area (Å²) in [4.78, 5) is 10.4. The van der Waals surface area contributed by atoms with Gasteiger partial charge in [-0.25, -0.2) is 0 Å². The summed E-state index contributed by atoms with van der Waals surface area (Å²) in [5.41, 5.74) is 5.80. The van der Waals surface area contributed by atoms with E-state index in [1.54, 1.807) is 12.1 Å². The molecule has 0 aliphatic heterocycles. The highest BCUT2D eigenvalue weighted by atomic mass is 16.6. The van der Waals surface area contributed by atoms with E-state index in [2.05, 4.69) is 6.92 Å². The molecule has 0 radical (unpaired) electrons. The smallest absolute Gasteiger partial charge is 0.310 e. The molecule has 6 nitrogen and oxygen atoms in total. The van der Waals surface area contributed by atoms with Gasteiger partial charge in [-0.15, -0.1) is 0 Å². The van der Waals surface area contributed by atoms with Gasteiger partial charge in [-0.05, 0) is 30.7 Å². The number of nitrogens with two attached hydrogens (primary N) is 1. The maximum absolute atomic E-state index is 10.9. The molecular formula is C15H22N2O4. The van der Waals surface area contributed by atoms with Crippen molar-refractivity contribution in [3.8, 4) is 5.75 Å². The molecule has 2 rings (SSSR count). The zero-order chi connectivity index (χ0) is 15.5. The summed E-state index contributed by atoms with van der Waals surface area (Å²) >= 11 is 0. The lowest BCUT2D eigenvalue weighted by atomic mass is 9.82. The van der Waals surface area contributed by atoms with Crippen molar-refractivity contribution in [2.45, 2.75) is 51.4 Å². The van der Waals surface area contributed by atoms with Gasteiger partial charge in [0.25, 0.3) is 0 Å². The number of nitro benzene ring substituents is 1. The summed E-state index contributed by atoms with van der Waals surface area (Å²) in [6.45, 7) is 2.14. The minimum atomic E-state index is -0.969. The molecule has 1 aromatic carbocycles. The van der Waals surface area contributed by atoms with E-state index in [9.17, 15) is 15.2 Å². The number of hydrogen-bond donors (Lipinski definition) is 2. The summed E-state index contributed by atoms with van der Waals surface area (Å²) in [6, 6.07) is 6.04. The van der Waals surface area contributed by atoms with Crippen molar-refractivity contribution in [2.24, 2.45) is 11.1 Å². The molecule has 21 heavy (non-hydrogen) atoms. The van der Waals surface area contributed by atoms with Crippen LogP contribution < -0.4 is 10.5 Å². The maximum Gasteiger partial charge on any atom is 0.310 e. The second kappa shape index (κ2) is 6.41. The molecule has 1 fully saturated rings. The van der Waals surface area contributed by atoms with Crippen LogP contribution in [0.25, 0.3) is 0 Å². The number of aliphatic hydroxyl groups excluding tert-OH is 1. The molecule has 1 aliphatic rings. The van der Waals surface area contributed by atoms with Crippen LogP contribution in [0.3, 0.4) is 0 Å². The molecule has 1 aliphatic carbocycles. The highest BCUT2D eigenvalue weighted by molar-refractivity contribution is 5.45. The first-order valence-electron chi connectivity index (χ1n) is 7.25. The molecule has 0 saturated heterocycles. The lowest BCUT2D eigenvalue weighted by molar-refractivity contribution is -0.386. The Morgan fingerprint density at radius 3 is 2.67 bits per heavy atom. The van der Waals surface area contributed by atoms with Crippen LogP contribution in [0.15, 0.2) is 24.3 Å². The van der Waals surface area contributed by atoms with Gasteiger partial charge in [0.15, 0.2) is 12.0 Å². The van der Waals surface area contributed by atoms with Gasteiger partial charge in [-0.1, -0.05) is 31.9 Å². The molecule has 0 spiro atoms. The third-order valence-corrected chi connectivity index (χ3v) is 4.22. The Labute approximate surface area is 124 Å². The molecule has 1 saturated carbocycles. The summed E-state index contributed by atoms with van der Waals surface area (Å²) in [5.74, 6) is 0.0885. The molecule has 0 heterocycles. The van der Waals surface area contributed by atoms with Gasteiger partial charge in [-0.2, -0.15) is 0 Å². The topological polar surface area (TPSA) is 98.6 Å². The fourth-order valence-electron chi connectivity index (χ4n) is 2.99. The molecule has 0 amide bonds. The molecule has 116 valence electrons. The van der Waals surface area contributed by atoms with Crippen LogP contribution in [-0.2, 0) is 0 Å². The fourth-order valence-corrected chi connectivity index (χ4v) is 2.99. The molecule has 0 bridgehead atoms. The summed E-state index contributed by atoms with van der Waals surface area (Å²) in [5, 5.41) is 21.1. The minimum Gasteiger partial charge on any atom is -0.466 e. The van der Waals surface area contributed by atoms with Gasteiger partial charge in [0, 0.05) is 6.07 Å². The second-order valence-corrected chi connectivity index (χ2v) is 6.10. The van der Waals surface area contributed by atoms with Crippen LogP contribution in [0.2, 0.25) is 0 Å². The van der Waals surface area contributed by atoms with Crippen LogP contribution >= 0.6 is 0 Å². The van der Waals surface area contributed by atoms with E-state index in [0.29, 0.717) is 6.42 Å². The Morgan fingerprint density at radius 2 is 2.05 bits per heavy atom. The van der Waals surface area contributed by atoms with Crippen molar-refractivity contribution >= 4 is 5.69 Å². The first-order valence-corrected chi connectivity index (χ1v) is 7.25. The van der Waals surface area contributed by atoms with Crippen LogP contribution in [0.4, 0.5) is 5.69 Å². The predicted molar refractivity (Wildman–Crippen MR) is 78.9 cm³/mol. The number of para-hydroxylation sites is 2. The Kier molecular flexibility index (Phi) is 4.80. The van der Waals surface area contributed by atoms with Gasteiger partial charge < -0.3 is 9.84 Å². The lowest BCUT2D eigenvalue weighted by Crippen LogP contribution is -2.42. The first-order chi connectivity index (χ1) is 9.91. The van der Waals surface area contributed by atoms with Crippen molar-refractivity contribution in [3.05, 3.63) is 34.4 Å². The normalized spacial score (nSPS) is 20.0. The fraction of sp³-hybridized carbons (Fsp3) is 0.600. The summed E-state index contributed by atoms with van der Waals surface area (Å²) in [6.07, 6.45) is 3.23. The number of benzene rings is 1. The van der Waals surface area contributed by atoms with Crippen molar-refractivity contribution in [1.82, 2.24) is 0 Å². The molecule has 1 aromatic rings. The molecule has 2 atom stereocenters. The van der Waals surface area contributed by atoms with Gasteiger partial charge in [0.1, 0.15) is 6.10 Å². The van der Waals surface area contributed by atoms with E-state index in [4.69, 9.17) is 10.5 Å². The first kappa shape index (κ1) is 15.7. The number of aliphatic hydroxyl groups is 1. The van der Waals surface area contributed by atoms with E-state index >= 15 is 0 Å². The zero-order valence-corrected chi connectivity index (χ0v) is 12.2. The average Bonchev–Trinajstić information content (AvgIpc) is 2.85. The van der Waals surface area contributed by atoms with Crippen molar-refractivity contribution in [3.63, 3.8) is 0 Å². The summed E-state index contributed by atoms with van der Waals surface area (Å²) < 4.78 is 5.41. The largest absolute Gasteiger partial charge is 0.466 e. The highest BCUT2D eigenvalue weighted by Gasteiger charge is 2.33. The van der Waals surface area contributed by atoms with E-state index in [-0.39, 0.29) is 16.9 Å². The number of rotatable bonds is 6. The monoisotopic (exact) mass is 294 g/mol. The van der Waals surface area contributed by atoms with E-state index in [0.717, 1.165) is 12.8 Å². The van der Waals surface area contributed by atoms with Gasteiger partial charge in [-0.3, -0.25) is 15.8 Å². The predicted octanol–water partition coefficient (Wildman–Crippen LogP) is 2.59. The van der Waals surface area contributed by atoms with Gasteiger partial charge in [0.2, 0.25) is 0 Å². The molecule has 0 aromatic heterocycles. The van der Waals surface area contributed by atoms with Gasteiger partial charge in [0.05, 0.1) is 4.92 Å². The Balaban J connectivity index is 2.00. The number of nitro groups is 1. The number of hydrogen-bond acceptors (Lipinski definition) is 5. The Morgan fingerprint density at radius 1 is 1.43 bits per heavy atom. The quantitative estimate of drug-likeness (QED) is 0.477. The second-order valence-electron chi connectivity index (χ2n) is 6.10. The SMILES string of the molecule is CC1(CC(O)C(N)Oc2ccccc2[N+](=O)[O-])CCCC1.